The lowest BCUT2D eigenvalue weighted by Crippen LogP contribution is -2.45. The Labute approximate surface area is 216 Å². The van der Waals surface area contributed by atoms with Crippen LogP contribution in [-0.2, 0) is 9.53 Å². The number of benzene rings is 2. The summed E-state index contributed by atoms with van der Waals surface area (Å²) >= 11 is 0.690. The van der Waals surface area contributed by atoms with E-state index in [9.17, 15) is 18.8 Å². The highest BCUT2D eigenvalue weighted by molar-refractivity contribution is 7.09. The van der Waals surface area contributed by atoms with Gasteiger partial charge in [0.2, 0.25) is 5.91 Å². The molecule has 1 saturated heterocycles. The minimum absolute atomic E-state index is 0.0800. The van der Waals surface area contributed by atoms with Gasteiger partial charge < -0.3 is 26.3 Å². The van der Waals surface area contributed by atoms with Crippen LogP contribution in [0.2, 0.25) is 0 Å². The molecule has 1 aromatic heterocycles. The Morgan fingerprint density at radius 3 is 2.49 bits per heavy atom. The zero-order valence-electron chi connectivity index (χ0n) is 20.0. The highest BCUT2D eigenvalue weighted by Gasteiger charge is 2.36. The van der Waals surface area contributed by atoms with E-state index in [-0.39, 0.29) is 34.6 Å². The number of carbonyl (C=O) groups excluding carboxylic acids is 3. The van der Waals surface area contributed by atoms with Crippen LogP contribution in [0.3, 0.4) is 0 Å². The number of rotatable bonds is 9. The summed E-state index contributed by atoms with van der Waals surface area (Å²) in [4.78, 5) is 40.4. The quantitative estimate of drug-likeness (QED) is 0.387. The monoisotopic (exact) mass is 527 g/mol. The molecular formula is C25H26FN5O5S. The molecule has 2 unspecified atom stereocenters. The minimum Gasteiger partial charge on any atom is -0.497 e. The summed E-state index contributed by atoms with van der Waals surface area (Å²) in [7, 11) is 1.51. The van der Waals surface area contributed by atoms with Crippen LogP contribution < -0.4 is 26.4 Å². The maximum atomic E-state index is 13.9. The highest BCUT2D eigenvalue weighted by atomic mass is 32.1. The summed E-state index contributed by atoms with van der Waals surface area (Å²) in [6, 6.07) is 10.6. The number of halogens is 1. The van der Waals surface area contributed by atoms with Gasteiger partial charge in [-0.1, -0.05) is 12.1 Å². The van der Waals surface area contributed by atoms with Crippen LogP contribution >= 0.6 is 11.5 Å². The fourth-order valence-electron chi connectivity index (χ4n) is 4.04. The third kappa shape index (κ3) is 5.70. The Morgan fingerprint density at radius 1 is 1.22 bits per heavy atom. The Balaban J connectivity index is 1.80. The topological polar surface area (TPSA) is 150 Å². The standard InChI is InChI=1S/C25H26FN5O5S/c1-35-17-10-4-14(5-11-17)21(24(33)29-13-18-3-2-12-36-18)31(16-8-6-15(26)7-9-16)25(34)22-19(27)20(23(28)32)30-37-22/h4-11,18,21H,2-3,12-13,27H2,1H3,(H2,28,32)(H,29,33). The number of hydrogen-bond acceptors (Lipinski definition) is 8. The smallest absolute Gasteiger partial charge is 0.273 e. The fourth-order valence-corrected chi connectivity index (χ4v) is 4.79. The van der Waals surface area contributed by atoms with Crippen LogP contribution in [0.4, 0.5) is 15.8 Å². The molecule has 2 aromatic carbocycles. The Bertz CT molecular complexity index is 1280. The lowest BCUT2D eigenvalue weighted by Gasteiger charge is -2.31. The van der Waals surface area contributed by atoms with Crippen LogP contribution in [0, 0.1) is 5.82 Å². The fraction of sp³-hybridized carbons (Fsp3) is 0.280. The van der Waals surface area contributed by atoms with Gasteiger partial charge in [0.1, 0.15) is 22.5 Å². The Morgan fingerprint density at radius 2 is 1.92 bits per heavy atom. The number of nitrogens with zero attached hydrogens (tertiary/aromatic N) is 2. The number of methoxy groups -OCH3 is 1. The van der Waals surface area contributed by atoms with Crippen molar-refractivity contribution in [2.24, 2.45) is 5.73 Å². The van der Waals surface area contributed by atoms with Gasteiger partial charge in [-0.15, -0.1) is 0 Å². The summed E-state index contributed by atoms with van der Waals surface area (Å²) in [5.74, 6) is -2.05. The molecule has 1 aliphatic heterocycles. The zero-order valence-corrected chi connectivity index (χ0v) is 20.8. The van der Waals surface area contributed by atoms with Gasteiger partial charge in [-0.05, 0) is 66.3 Å². The Kier molecular flexibility index (Phi) is 7.99. The molecule has 0 bridgehead atoms. The molecule has 4 rings (SSSR count). The molecule has 0 aliphatic carbocycles. The van der Waals surface area contributed by atoms with E-state index >= 15 is 0 Å². The molecule has 12 heteroatoms. The normalized spacial score (nSPS) is 15.7. The van der Waals surface area contributed by atoms with Crippen molar-refractivity contribution < 1.29 is 28.2 Å². The highest BCUT2D eigenvalue weighted by Crippen LogP contribution is 2.34. The van der Waals surface area contributed by atoms with Gasteiger partial charge in [0.15, 0.2) is 5.69 Å². The SMILES string of the molecule is COc1ccc(C(C(=O)NCC2CCCO2)N(C(=O)c2snc(C(N)=O)c2N)c2ccc(F)cc2)cc1. The van der Waals surface area contributed by atoms with Crippen molar-refractivity contribution in [3.8, 4) is 5.75 Å². The minimum atomic E-state index is -1.19. The third-order valence-electron chi connectivity index (χ3n) is 5.95. The molecule has 1 aliphatic rings. The number of amides is 3. The predicted molar refractivity (Wildman–Crippen MR) is 136 cm³/mol. The second-order valence-corrected chi connectivity index (χ2v) is 9.12. The van der Waals surface area contributed by atoms with Crippen molar-refractivity contribution in [2.75, 3.05) is 30.9 Å². The number of hydrogen-bond donors (Lipinski definition) is 3. The van der Waals surface area contributed by atoms with Gasteiger partial charge in [-0.2, -0.15) is 4.37 Å². The van der Waals surface area contributed by atoms with Gasteiger partial charge in [0.25, 0.3) is 11.8 Å². The largest absolute Gasteiger partial charge is 0.497 e. The number of primary amides is 1. The molecule has 3 amide bonds. The molecule has 5 N–H and O–H groups in total. The van der Waals surface area contributed by atoms with Crippen molar-refractivity contribution in [3.63, 3.8) is 0 Å². The first-order chi connectivity index (χ1) is 17.8. The number of anilines is 2. The number of nitrogens with one attached hydrogen (secondary N) is 1. The van der Waals surface area contributed by atoms with Crippen LogP contribution in [0.25, 0.3) is 0 Å². The molecule has 37 heavy (non-hydrogen) atoms. The van der Waals surface area contributed by atoms with E-state index in [1.54, 1.807) is 24.3 Å². The number of aromatic nitrogens is 1. The molecule has 194 valence electrons. The second-order valence-electron chi connectivity index (χ2n) is 8.35. The van der Waals surface area contributed by atoms with Crippen molar-refractivity contribution in [3.05, 3.63) is 70.5 Å². The number of carbonyl (C=O) groups is 3. The third-order valence-corrected chi connectivity index (χ3v) is 6.80. The summed E-state index contributed by atoms with van der Waals surface area (Å²) in [5.41, 5.74) is 11.6. The van der Waals surface area contributed by atoms with E-state index in [2.05, 4.69) is 9.69 Å². The lowest BCUT2D eigenvalue weighted by molar-refractivity contribution is -0.123. The number of nitrogens with two attached hydrogens (primary N) is 2. The summed E-state index contributed by atoms with van der Waals surface area (Å²) in [6.45, 7) is 0.876. The van der Waals surface area contributed by atoms with E-state index in [0.29, 0.717) is 29.5 Å². The first kappa shape index (κ1) is 26.0. The van der Waals surface area contributed by atoms with Crippen LogP contribution in [0.1, 0.15) is 44.6 Å². The first-order valence-electron chi connectivity index (χ1n) is 11.5. The number of ether oxygens (including phenoxy) is 2. The van der Waals surface area contributed by atoms with Crippen LogP contribution in [-0.4, -0.2) is 48.5 Å². The molecule has 0 saturated carbocycles. The molecule has 2 atom stereocenters. The molecule has 0 radical (unpaired) electrons. The van der Waals surface area contributed by atoms with Gasteiger partial charge in [-0.25, -0.2) is 4.39 Å². The lowest BCUT2D eigenvalue weighted by atomic mass is 10.0. The van der Waals surface area contributed by atoms with E-state index in [0.717, 1.165) is 12.8 Å². The average molecular weight is 528 g/mol. The maximum absolute atomic E-state index is 13.9. The molecule has 0 spiro atoms. The maximum Gasteiger partial charge on any atom is 0.273 e. The average Bonchev–Trinajstić information content (AvgIpc) is 3.56. The molecule has 2 heterocycles. The van der Waals surface area contributed by atoms with Gasteiger partial charge in [0, 0.05) is 18.8 Å². The van der Waals surface area contributed by atoms with E-state index in [4.69, 9.17) is 20.9 Å². The van der Waals surface area contributed by atoms with Crippen molar-refractivity contribution in [1.82, 2.24) is 9.69 Å². The summed E-state index contributed by atoms with van der Waals surface area (Å²) < 4.78 is 28.6. The van der Waals surface area contributed by atoms with Gasteiger partial charge in [0.05, 0.1) is 18.9 Å². The van der Waals surface area contributed by atoms with Crippen LogP contribution in [0.5, 0.6) is 5.75 Å². The second kappa shape index (κ2) is 11.4. The first-order valence-corrected chi connectivity index (χ1v) is 12.2. The molecule has 10 nitrogen and oxygen atoms in total. The molecular weight excluding hydrogens is 501 g/mol. The van der Waals surface area contributed by atoms with Crippen molar-refractivity contribution in [2.45, 2.75) is 25.0 Å². The predicted octanol–water partition coefficient (Wildman–Crippen LogP) is 2.66. The van der Waals surface area contributed by atoms with Gasteiger partial charge >= 0.3 is 0 Å². The summed E-state index contributed by atoms with van der Waals surface area (Å²) in [5, 5.41) is 2.88. The van der Waals surface area contributed by atoms with Crippen molar-refractivity contribution >= 4 is 40.6 Å². The molecule has 1 fully saturated rings. The number of nitrogen functional groups attached to an aromatic ring is 1. The summed E-state index contributed by atoms with van der Waals surface area (Å²) in [6.07, 6.45) is 1.57. The van der Waals surface area contributed by atoms with E-state index < -0.39 is 29.6 Å². The molecule has 3 aromatic rings. The Hall–Kier alpha value is -4.03. The van der Waals surface area contributed by atoms with Crippen molar-refractivity contribution in [1.29, 1.82) is 0 Å². The van der Waals surface area contributed by atoms with Crippen LogP contribution in [0.15, 0.2) is 48.5 Å². The van der Waals surface area contributed by atoms with E-state index in [1.165, 1.54) is 36.3 Å². The van der Waals surface area contributed by atoms with Gasteiger partial charge in [-0.3, -0.25) is 19.3 Å². The van der Waals surface area contributed by atoms with E-state index in [1.807, 2.05) is 0 Å². The zero-order chi connectivity index (χ0) is 26.5.